The molecular weight excluding hydrogens is 336 g/mol. The van der Waals surface area contributed by atoms with E-state index < -0.39 is 28.6 Å². The lowest BCUT2D eigenvalue weighted by Crippen LogP contribution is -2.36. The number of hydrogen-bond donors (Lipinski definition) is 2. The monoisotopic (exact) mass is 346 g/mol. The molecule has 0 fully saturated rings. The lowest BCUT2D eigenvalue weighted by atomic mass is 9.88. The van der Waals surface area contributed by atoms with Crippen molar-refractivity contribution in [2.45, 2.75) is 12.0 Å². The zero-order valence-corrected chi connectivity index (χ0v) is 12.9. The third-order valence-electron chi connectivity index (χ3n) is 3.87. The molecule has 1 atom stereocenters. The van der Waals surface area contributed by atoms with Crippen LogP contribution in [0.4, 0.5) is 11.4 Å². The minimum Gasteiger partial charge on any atom is -0.375 e. The summed E-state index contributed by atoms with van der Waals surface area (Å²) in [6.07, 6.45) is -0.533. The smallest absolute Gasteiger partial charge is 0.269 e. The fraction of sp³-hybridized carbons (Fsp3) is 0.125. The number of nitrogens with zero attached hydrogens (tertiary/aromatic N) is 1. The molecule has 1 amide bonds. The van der Waals surface area contributed by atoms with Gasteiger partial charge < -0.3 is 10.4 Å². The van der Waals surface area contributed by atoms with E-state index in [1.165, 1.54) is 36.4 Å². The maximum Gasteiger partial charge on any atom is 0.269 e. The first-order chi connectivity index (χ1) is 11.3. The van der Waals surface area contributed by atoms with E-state index in [1.54, 1.807) is 0 Å². The molecule has 2 aromatic rings. The second-order valence-electron chi connectivity index (χ2n) is 5.41. The average Bonchev–Trinajstić information content (AvgIpc) is 2.78. The van der Waals surface area contributed by atoms with Crippen molar-refractivity contribution in [1.82, 2.24) is 0 Å². The molecule has 122 valence electrons. The first-order valence-electron chi connectivity index (χ1n) is 6.93. The number of Topliss-reactive ketones (excluding diaryl/α,β-unsaturated/α-hetero) is 1. The molecule has 0 radical (unpaired) electrons. The van der Waals surface area contributed by atoms with E-state index in [2.05, 4.69) is 5.32 Å². The van der Waals surface area contributed by atoms with Crippen LogP contribution in [0.15, 0.2) is 42.5 Å². The molecule has 8 heteroatoms. The van der Waals surface area contributed by atoms with Gasteiger partial charge in [0, 0.05) is 34.0 Å². The SMILES string of the molecule is O=C(C[C@]1(O)C(=O)Nc2ccc([N+](=O)[O-])cc21)c1ccc(Cl)cc1. The molecule has 1 aliphatic rings. The van der Waals surface area contributed by atoms with Crippen LogP contribution < -0.4 is 5.32 Å². The van der Waals surface area contributed by atoms with E-state index in [0.717, 1.165) is 6.07 Å². The Morgan fingerprint density at radius 3 is 2.54 bits per heavy atom. The van der Waals surface area contributed by atoms with Crippen LogP contribution in [0, 0.1) is 10.1 Å². The zero-order chi connectivity index (χ0) is 17.5. The summed E-state index contributed by atoms with van der Waals surface area (Å²) in [4.78, 5) is 34.8. The number of nitrogens with one attached hydrogen (secondary N) is 1. The Kier molecular flexibility index (Phi) is 3.82. The number of fused-ring (bicyclic) bond motifs is 1. The number of halogens is 1. The van der Waals surface area contributed by atoms with E-state index in [4.69, 9.17) is 11.6 Å². The molecule has 2 N–H and O–H groups in total. The van der Waals surface area contributed by atoms with Crippen molar-refractivity contribution in [3.63, 3.8) is 0 Å². The van der Waals surface area contributed by atoms with Crippen molar-refractivity contribution in [2.24, 2.45) is 0 Å². The van der Waals surface area contributed by atoms with Gasteiger partial charge in [-0.15, -0.1) is 0 Å². The average molecular weight is 347 g/mol. The highest BCUT2D eigenvalue weighted by atomic mass is 35.5. The zero-order valence-electron chi connectivity index (χ0n) is 12.2. The first-order valence-corrected chi connectivity index (χ1v) is 7.30. The van der Waals surface area contributed by atoms with Crippen molar-refractivity contribution < 1.29 is 19.6 Å². The summed E-state index contributed by atoms with van der Waals surface area (Å²) in [5.41, 5.74) is -1.89. The number of nitro groups is 1. The molecule has 1 aliphatic heterocycles. The molecule has 0 bridgehead atoms. The van der Waals surface area contributed by atoms with Crippen molar-refractivity contribution in [1.29, 1.82) is 0 Å². The maximum absolute atomic E-state index is 12.4. The van der Waals surface area contributed by atoms with Gasteiger partial charge in [0.25, 0.3) is 11.6 Å². The van der Waals surface area contributed by atoms with Crippen molar-refractivity contribution in [2.75, 3.05) is 5.32 Å². The number of amides is 1. The van der Waals surface area contributed by atoms with Crippen LogP contribution in [0.5, 0.6) is 0 Å². The number of ketones is 1. The fourth-order valence-corrected chi connectivity index (χ4v) is 2.72. The molecule has 0 saturated heterocycles. The van der Waals surface area contributed by atoms with Crippen LogP contribution in [0.3, 0.4) is 0 Å². The van der Waals surface area contributed by atoms with E-state index in [1.807, 2.05) is 0 Å². The third-order valence-corrected chi connectivity index (χ3v) is 4.12. The van der Waals surface area contributed by atoms with Gasteiger partial charge in [-0.05, 0) is 30.3 Å². The van der Waals surface area contributed by atoms with Gasteiger partial charge in [0.05, 0.1) is 11.3 Å². The molecule has 7 nitrogen and oxygen atoms in total. The van der Waals surface area contributed by atoms with Crippen molar-refractivity contribution >= 4 is 34.7 Å². The summed E-state index contributed by atoms with van der Waals surface area (Å²) in [5, 5.41) is 24.5. The highest BCUT2D eigenvalue weighted by Gasteiger charge is 2.47. The third kappa shape index (κ3) is 2.64. The molecule has 0 saturated carbocycles. The minimum atomic E-state index is -2.15. The number of aliphatic hydroxyl groups is 1. The predicted molar refractivity (Wildman–Crippen MR) is 86.0 cm³/mol. The Bertz CT molecular complexity index is 865. The standard InChI is InChI=1S/C16H11ClN2O5/c17-10-3-1-9(2-4-10)14(20)8-16(22)12-7-11(19(23)24)5-6-13(12)18-15(16)21/h1-7,22H,8H2,(H,18,21)/t16-/m1/s1. The molecule has 0 unspecified atom stereocenters. The number of rotatable bonds is 4. The topological polar surface area (TPSA) is 110 Å². The minimum absolute atomic E-state index is 0.0176. The van der Waals surface area contributed by atoms with Crippen LogP contribution in [0.25, 0.3) is 0 Å². The molecule has 2 aromatic carbocycles. The molecule has 24 heavy (non-hydrogen) atoms. The Balaban J connectivity index is 1.97. The summed E-state index contributed by atoms with van der Waals surface area (Å²) in [6.45, 7) is 0. The number of carbonyl (C=O) groups excluding carboxylic acids is 2. The fourth-order valence-electron chi connectivity index (χ4n) is 2.59. The normalized spacial score (nSPS) is 18.8. The summed E-state index contributed by atoms with van der Waals surface area (Å²) in [6, 6.07) is 9.65. The number of hydrogen-bond acceptors (Lipinski definition) is 5. The molecular formula is C16H11ClN2O5. The van der Waals surface area contributed by atoms with E-state index in [-0.39, 0.29) is 22.5 Å². The second-order valence-corrected chi connectivity index (χ2v) is 5.84. The quantitative estimate of drug-likeness (QED) is 0.502. The van der Waals surface area contributed by atoms with Gasteiger partial charge in [-0.2, -0.15) is 0 Å². The Morgan fingerprint density at radius 1 is 1.25 bits per heavy atom. The lowest BCUT2D eigenvalue weighted by Gasteiger charge is -2.19. The second kappa shape index (κ2) is 5.70. The summed E-state index contributed by atoms with van der Waals surface area (Å²) in [5.74, 6) is -1.27. The van der Waals surface area contributed by atoms with Gasteiger partial charge in [-0.3, -0.25) is 19.7 Å². The van der Waals surface area contributed by atoms with Gasteiger partial charge in [-0.25, -0.2) is 0 Å². The van der Waals surface area contributed by atoms with Gasteiger partial charge in [0.2, 0.25) is 0 Å². The summed E-state index contributed by atoms with van der Waals surface area (Å²) >= 11 is 5.76. The number of benzene rings is 2. The van der Waals surface area contributed by atoms with Gasteiger partial charge in [0.15, 0.2) is 11.4 Å². The highest BCUT2D eigenvalue weighted by Crippen LogP contribution is 2.40. The lowest BCUT2D eigenvalue weighted by molar-refractivity contribution is -0.385. The molecule has 0 spiro atoms. The van der Waals surface area contributed by atoms with Crippen LogP contribution >= 0.6 is 11.6 Å². The maximum atomic E-state index is 12.4. The molecule has 0 aliphatic carbocycles. The molecule has 0 aromatic heterocycles. The highest BCUT2D eigenvalue weighted by molar-refractivity contribution is 6.30. The van der Waals surface area contributed by atoms with Gasteiger partial charge in [0.1, 0.15) is 0 Å². The Labute approximate surface area is 141 Å². The Morgan fingerprint density at radius 2 is 1.92 bits per heavy atom. The largest absolute Gasteiger partial charge is 0.375 e. The van der Waals surface area contributed by atoms with E-state index in [9.17, 15) is 24.8 Å². The predicted octanol–water partition coefficient (Wildman–Crippen LogP) is 2.66. The molecule has 3 rings (SSSR count). The number of non-ortho nitro benzene ring substituents is 1. The van der Waals surface area contributed by atoms with Crippen LogP contribution in [-0.2, 0) is 10.4 Å². The first kappa shape index (κ1) is 16.1. The number of nitro benzene ring substituents is 1. The van der Waals surface area contributed by atoms with Gasteiger partial charge >= 0.3 is 0 Å². The summed E-state index contributed by atoms with van der Waals surface area (Å²) < 4.78 is 0. The van der Waals surface area contributed by atoms with E-state index >= 15 is 0 Å². The summed E-state index contributed by atoms with van der Waals surface area (Å²) in [7, 11) is 0. The number of anilines is 1. The van der Waals surface area contributed by atoms with Gasteiger partial charge in [-0.1, -0.05) is 11.6 Å². The van der Waals surface area contributed by atoms with Crippen LogP contribution in [0.2, 0.25) is 5.02 Å². The van der Waals surface area contributed by atoms with Crippen molar-refractivity contribution in [3.05, 3.63) is 68.7 Å². The van der Waals surface area contributed by atoms with Crippen LogP contribution in [-0.4, -0.2) is 21.7 Å². The molecule has 1 heterocycles. The van der Waals surface area contributed by atoms with Crippen molar-refractivity contribution in [3.8, 4) is 0 Å². The number of carbonyl (C=O) groups is 2. The van der Waals surface area contributed by atoms with E-state index in [0.29, 0.717) is 5.02 Å². The Hall–Kier alpha value is -2.77. The van der Waals surface area contributed by atoms with Crippen LogP contribution in [0.1, 0.15) is 22.3 Å².